The summed E-state index contributed by atoms with van der Waals surface area (Å²) in [6.07, 6.45) is 0.850. The van der Waals surface area contributed by atoms with Crippen molar-refractivity contribution in [1.29, 1.82) is 0 Å². The fourth-order valence-electron chi connectivity index (χ4n) is 2.25. The number of carbonyl (C=O) groups is 2. The summed E-state index contributed by atoms with van der Waals surface area (Å²) in [5, 5.41) is 3.76. The number of amides is 1. The minimum atomic E-state index is -0.270. The van der Waals surface area contributed by atoms with E-state index in [4.69, 9.17) is 0 Å². The number of carbonyl (C=O) groups excluding carboxylic acids is 2. The van der Waals surface area contributed by atoms with E-state index in [0.717, 1.165) is 16.5 Å². The number of nitrogens with zero attached hydrogens (tertiary/aromatic N) is 1. The number of ether oxygens (including phenoxy) is 1. The minimum absolute atomic E-state index is 0.168. The number of aromatic nitrogens is 1. The fraction of sp³-hybridized carbons (Fsp3) is 0.353. The van der Waals surface area contributed by atoms with Crippen LogP contribution >= 0.6 is 0 Å². The lowest BCUT2D eigenvalue weighted by Crippen LogP contribution is -2.26. The van der Waals surface area contributed by atoms with Crippen LogP contribution in [0.25, 0.3) is 10.9 Å². The summed E-state index contributed by atoms with van der Waals surface area (Å²) >= 11 is 0. The Kier molecular flexibility index (Phi) is 5.09. The van der Waals surface area contributed by atoms with Crippen LogP contribution in [0.1, 0.15) is 34.5 Å². The van der Waals surface area contributed by atoms with Crippen molar-refractivity contribution >= 4 is 22.8 Å². The number of aryl methyl sites for hydroxylation is 2. The summed E-state index contributed by atoms with van der Waals surface area (Å²) in [6.45, 7) is 4.26. The normalized spacial score (nSPS) is 10.5. The van der Waals surface area contributed by atoms with E-state index in [1.54, 1.807) is 0 Å². The van der Waals surface area contributed by atoms with E-state index in [2.05, 4.69) is 15.0 Å². The molecular formula is C17H20N2O3. The van der Waals surface area contributed by atoms with Crippen LogP contribution in [0.15, 0.2) is 24.3 Å². The molecule has 0 aliphatic carbocycles. The first-order valence-corrected chi connectivity index (χ1v) is 7.24. The Morgan fingerprint density at radius 3 is 2.73 bits per heavy atom. The molecule has 0 spiro atoms. The third kappa shape index (κ3) is 3.81. The Bertz CT molecular complexity index is 710. The van der Waals surface area contributed by atoms with Crippen molar-refractivity contribution in [3.8, 4) is 0 Å². The van der Waals surface area contributed by atoms with Gasteiger partial charge < -0.3 is 10.1 Å². The van der Waals surface area contributed by atoms with Crippen LogP contribution in [0.2, 0.25) is 0 Å². The highest BCUT2D eigenvalue weighted by Crippen LogP contribution is 2.18. The van der Waals surface area contributed by atoms with Crippen molar-refractivity contribution in [3.05, 3.63) is 41.1 Å². The maximum atomic E-state index is 12.2. The van der Waals surface area contributed by atoms with Crippen LogP contribution in [0, 0.1) is 13.8 Å². The van der Waals surface area contributed by atoms with Crippen LogP contribution in [-0.4, -0.2) is 30.5 Å². The molecule has 1 aromatic carbocycles. The molecule has 0 bridgehead atoms. The van der Waals surface area contributed by atoms with Crippen molar-refractivity contribution in [3.63, 3.8) is 0 Å². The topological polar surface area (TPSA) is 68.3 Å². The van der Waals surface area contributed by atoms with E-state index in [1.807, 2.05) is 38.1 Å². The number of hydrogen-bond acceptors (Lipinski definition) is 4. The second-order valence-corrected chi connectivity index (χ2v) is 5.25. The Balaban J connectivity index is 2.07. The van der Waals surface area contributed by atoms with Gasteiger partial charge in [-0.25, -0.2) is 0 Å². The molecule has 1 aromatic heterocycles. The van der Waals surface area contributed by atoms with Gasteiger partial charge in [0.2, 0.25) is 0 Å². The second kappa shape index (κ2) is 7.02. The fourth-order valence-corrected chi connectivity index (χ4v) is 2.25. The van der Waals surface area contributed by atoms with Crippen LogP contribution in [0.4, 0.5) is 0 Å². The average Bonchev–Trinajstić information content (AvgIpc) is 2.50. The molecule has 0 saturated carbocycles. The molecular weight excluding hydrogens is 280 g/mol. The number of esters is 1. The number of hydrogen-bond donors (Lipinski definition) is 1. The molecule has 0 aliphatic heterocycles. The number of pyridine rings is 1. The molecule has 0 unspecified atom stereocenters. The van der Waals surface area contributed by atoms with Crippen molar-refractivity contribution in [2.75, 3.05) is 13.7 Å². The molecule has 1 amide bonds. The first-order chi connectivity index (χ1) is 10.5. The largest absolute Gasteiger partial charge is 0.469 e. The highest BCUT2D eigenvalue weighted by Gasteiger charge is 2.11. The molecule has 22 heavy (non-hydrogen) atoms. The lowest BCUT2D eigenvalue weighted by Gasteiger charge is -2.09. The monoisotopic (exact) mass is 300 g/mol. The number of nitrogens with one attached hydrogen (secondary N) is 1. The molecule has 1 heterocycles. The number of benzene rings is 1. The van der Waals surface area contributed by atoms with Gasteiger partial charge in [0.1, 0.15) is 0 Å². The van der Waals surface area contributed by atoms with E-state index in [9.17, 15) is 9.59 Å². The van der Waals surface area contributed by atoms with Gasteiger partial charge in [-0.3, -0.25) is 14.6 Å². The molecule has 2 aromatic rings. The van der Waals surface area contributed by atoms with Crippen molar-refractivity contribution in [1.82, 2.24) is 10.3 Å². The summed E-state index contributed by atoms with van der Waals surface area (Å²) in [5.41, 5.74) is 3.27. The highest BCUT2D eigenvalue weighted by molar-refractivity contribution is 5.98. The molecule has 5 nitrogen and oxygen atoms in total. The summed E-state index contributed by atoms with van der Waals surface area (Å²) in [4.78, 5) is 27.7. The SMILES string of the molecule is COC(=O)CCCNC(=O)c1cc2cc(C)ccc2nc1C. The minimum Gasteiger partial charge on any atom is -0.469 e. The molecule has 0 atom stereocenters. The van der Waals surface area contributed by atoms with E-state index in [0.29, 0.717) is 30.6 Å². The number of rotatable bonds is 5. The maximum Gasteiger partial charge on any atom is 0.305 e. The van der Waals surface area contributed by atoms with Gasteiger partial charge in [0, 0.05) is 18.4 Å². The van der Waals surface area contributed by atoms with Gasteiger partial charge in [0.15, 0.2) is 0 Å². The third-order valence-electron chi connectivity index (χ3n) is 3.48. The van der Waals surface area contributed by atoms with Gasteiger partial charge in [-0.2, -0.15) is 0 Å². The van der Waals surface area contributed by atoms with E-state index in [1.165, 1.54) is 7.11 Å². The zero-order valence-corrected chi connectivity index (χ0v) is 13.1. The Hall–Kier alpha value is -2.43. The molecule has 1 N–H and O–H groups in total. The first-order valence-electron chi connectivity index (χ1n) is 7.24. The second-order valence-electron chi connectivity index (χ2n) is 5.25. The summed E-state index contributed by atoms with van der Waals surface area (Å²) < 4.78 is 4.56. The molecule has 0 radical (unpaired) electrons. The smallest absolute Gasteiger partial charge is 0.305 e. The van der Waals surface area contributed by atoms with Gasteiger partial charge in [-0.15, -0.1) is 0 Å². The molecule has 0 aliphatic rings. The van der Waals surface area contributed by atoms with Gasteiger partial charge in [0.25, 0.3) is 5.91 Å². The van der Waals surface area contributed by atoms with Crippen molar-refractivity contribution in [2.24, 2.45) is 0 Å². The van der Waals surface area contributed by atoms with Gasteiger partial charge in [-0.05, 0) is 38.5 Å². The van der Waals surface area contributed by atoms with Crippen LogP contribution in [-0.2, 0) is 9.53 Å². The predicted molar refractivity (Wildman–Crippen MR) is 84.8 cm³/mol. The molecule has 2 rings (SSSR count). The summed E-state index contributed by atoms with van der Waals surface area (Å²) in [7, 11) is 1.35. The standard InChI is InChI=1S/C17H20N2O3/c1-11-6-7-15-13(9-11)10-14(12(2)19-15)17(21)18-8-4-5-16(20)22-3/h6-7,9-10H,4-5,8H2,1-3H3,(H,18,21). The quantitative estimate of drug-likeness (QED) is 0.680. The van der Waals surface area contributed by atoms with Crippen LogP contribution in [0.5, 0.6) is 0 Å². The summed E-state index contributed by atoms with van der Waals surface area (Å²) in [6, 6.07) is 7.83. The zero-order chi connectivity index (χ0) is 16.1. The van der Waals surface area contributed by atoms with Gasteiger partial charge >= 0.3 is 5.97 Å². The Morgan fingerprint density at radius 1 is 1.23 bits per heavy atom. The van der Waals surface area contributed by atoms with E-state index in [-0.39, 0.29) is 11.9 Å². The Labute approximate surface area is 129 Å². The van der Waals surface area contributed by atoms with Gasteiger partial charge in [-0.1, -0.05) is 11.6 Å². The van der Waals surface area contributed by atoms with Crippen LogP contribution in [0.3, 0.4) is 0 Å². The average molecular weight is 300 g/mol. The zero-order valence-electron chi connectivity index (χ0n) is 13.1. The highest BCUT2D eigenvalue weighted by atomic mass is 16.5. The molecule has 116 valence electrons. The molecule has 0 fully saturated rings. The number of fused-ring (bicyclic) bond motifs is 1. The van der Waals surface area contributed by atoms with Gasteiger partial charge in [0.05, 0.1) is 23.9 Å². The van der Waals surface area contributed by atoms with Crippen molar-refractivity contribution < 1.29 is 14.3 Å². The number of methoxy groups -OCH3 is 1. The maximum absolute atomic E-state index is 12.2. The Morgan fingerprint density at radius 2 is 2.00 bits per heavy atom. The molecule has 0 saturated heterocycles. The first kappa shape index (κ1) is 15.9. The lowest BCUT2D eigenvalue weighted by molar-refractivity contribution is -0.140. The predicted octanol–water partition coefficient (Wildman–Crippen LogP) is 2.53. The summed E-state index contributed by atoms with van der Waals surface area (Å²) in [5.74, 6) is -0.438. The molecule has 5 heteroatoms. The van der Waals surface area contributed by atoms with Crippen molar-refractivity contribution in [2.45, 2.75) is 26.7 Å². The lowest BCUT2D eigenvalue weighted by atomic mass is 10.1. The van der Waals surface area contributed by atoms with Crippen LogP contribution < -0.4 is 5.32 Å². The van der Waals surface area contributed by atoms with E-state index >= 15 is 0 Å². The third-order valence-corrected chi connectivity index (χ3v) is 3.48. The van der Waals surface area contributed by atoms with E-state index < -0.39 is 0 Å².